The van der Waals surface area contributed by atoms with E-state index < -0.39 is 0 Å². The fraction of sp³-hybridized carbons (Fsp3) is 0.571. The van der Waals surface area contributed by atoms with Gasteiger partial charge in [-0.15, -0.1) is 0 Å². The molecule has 0 spiro atoms. The second-order valence-corrected chi connectivity index (χ2v) is 4.64. The van der Waals surface area contributed by atoms with Crippen LogP contribution in [0.3, 0.4) is 0 Å². The Balaban J connectivity index is 2.03. The number of hydrogen-bond donors (Lipinski definition) is 1. The van der Waals surface area contributed by atoms with Gasteiger partial charge in [0, 0.05) is 32.7 Å². The van der Waals surface area contributed by atoms with Crippen molar-refractivity contribution in [3.05, 3.63) is 34.9 Å². The molecule has 1 saturated heterocycles. The molecule has 16 heavy (non-hydrogen) atoms. The zero-order valence-electron chi connectivity index (χ0n) is 10.4. The van der Waals surface area contributed by atoms with E-state index in [-0.39, 0.29) is 0 Å². The molecule has 1 fully saturated rings. The molecule has 0 radical (unpaired) electrons. The second kappa shape index (κ2) is 5.46. The number of nitrogens with zero attached hydrogens (tertiary/aromatic N) is 1. The maximum absolute atomic E-state index is 3.39. The smallest absolute Gasteiger partial charge is 0.0234 e. The van der Waals surface area contributed by atoms with Crippen LogP contribution in [0.2, 0.25) is 0 Å². The molecule has 1 heterocycles. The van der Waals surface area contributed by atoms with Crippen LogP contribution in [0.5, 0.6) is 0 Å². The monoisotopic (exact) mass is 218 g/mol. The Hall–Kier alpha value is -0.860. The van der Waals surface area contributed by atoms with Gasteiger partial charge in [-0.25, -0.2) is 0 Å². The average Bonchev–Trinajstić information content (AvgIpc) is 2.33. The molecule has 0 aliphatic carbocycles. The van der Waals surface area contributed by atoms with Crippen LogP contribution in [0.1, 0.15) is 23.6 Å². The Morgan fingerprint density at radius 2 is 2.00 bits per heavy atom. The Bertz CT molecular complexity index is 341. The number of rotatable bonds is 3. The van der Waals surface area contributed by atoms with E-state index in [1.54, 1.807) is 0 Å². The lowest BCUT2D eigenvalue weighted by molar-refractivity contribution is 0.233. The van der Waals surface area contributed by atoms with E-state index in [9.17, 15) is 0 Å². The normalized spacial score (nSPS) is 17.6. The molecule has 0 unspecified atom stereocenters. The molecule has 1 aliphatic heterocycles. The fourth-order valence-electron chi connectivity index (χ4n) is 2.33. The molecule has 2 heteroatoms. The third kappa shape index (κ3) is 2.83. The maximum atomic E-state index is 3.39. The van der Waals surface area contributed by atoms with E-state index in [0.29, 0.717) is 0 Å². The van der Waals surface area contributed by atoms with Crippen molar-refractivity contribution in [3.8, 4) is 0 Å². The Morgan fingerprint density at radius 1 is 1.25 bits per heavy atom. The van der Waals surface area contributed by atoms with Gasteiger partial charge in [-0.3, -0.25) is 4.90 Å². The van der Waals surface area contributed by atoms with E-state index in [2.05, 4.69) is 42.3 Å². The fourth-order valence-corrected chi connectivity index (χ4v) is 2.33. The van der Waals surface area contributed by atoms with Gasteiger partial charge in [-0.1, -0.05) is 25.1 Å². The first-order chi connectivity index (χ1) is 7.79. The first-order valence-electron chi connectivity index (χ1n) is 6.31. The van der Waals surface area contributed by atoms with Crippen molar-refractivity contribution in [3.63, 3.8) is 0 Å². The highest BCUT2D eigenvalue weighted by Gasteiger charge is 2.10. The zero-order valence-corrected chi connectivity index (χ0v) is 10.4. The molecule has 0 bridgehead atoms. The lowest BCUT2D eigenvalue weighted by Gasteiger charge is -2.27. The maximum Gasteiger partial charge on any atom is 0.0234 e. The van der Waals surface area contributed by atoms with Gasteiger partial charge < -0.3 is 5.32 Å². The van der Waals surface area contributed by atoms with Crippen LogP contribution in [0.4, 0.5) is 0 Å². The van der Waals surface area contributed by atoms with Gasteiger partial charge >= 0.3 is 0 Å². The minimum Gasteiger partial charge on any atom is -0.314 e. The number of hydrogen-bond acceptors (Lipinski definition) is 2. The predicted octanol–water partition coefficient (Wildman–Crippen LogP) is 1.96. The molecule has 0 atom stereocenters. The molecule has 1 aromatic carbocycles. The van der Waals surface area contributed by atoms with Crippen LogP contribution in [0.15, 0.2) is 18.2 Å². The Kier molecular flexibility index (Phi) is 3.97. The van der Waals surface area contributed by atoms with Crippen LogP contribution in [0.25, 0.3) is 0 Å². The first kappa shape index (κ1) is 11.6. The largest absolute Gasteiger partial charge is 0.314 e. The summed E-state index contributed by atoms with van der Waals surface area (Å²) in [5.74, 6) is 0. The second-order valence-electron chi connectivity index (χ2n) is 4.64. The molecular weight excluding hydrogens is 196 g/mol. The summed E-state index contributed by atoms with van der Waals surface area (Å²) in [4.78, 5) is 2.53. The third-order valence-electron chi connectivity index (χ3n) is 3.41. The van der Waals surface area contributed by atoms with Gasteiger partial charge in [0.05, 0.1) is 0 Å². The Morgan fingerprint density at radius 3 is 2.69 bits per heavy atom. The van der Waals surface area contributed by atoms with Crippen molar-refractivity contribution in [1.82, 2.24) is 10.2 Å². The molecule has 88 valence electrons. The Labute approximate surface area is 98.7 Å². The molecule has 1 N–H and O–H groups in total. The molecule has 2 nitrogen and oxygen atoms in total. The standard InChI is InChI=1S/C14H22N2/c1-3-14-10-13(5-4-12(14)2)11-16-8-6-15-7-9-16/h4-5,10,15H,3,6-9,11H2,1-2H3. The molecule has 1 aromatic rings. The van der Waals surface area contributed by atoms with Gasteiger partial charge in [-0.2, -0.15) is 0 Å². The lowest BCUT2D eigenvalue weighted by atomic mass is 10.0. The van der Waals surface area contributed by atoms with Crippen LogP contribution in [0, 0.1) is 6.92 Å². The zero-order chi connectivity index (χ0) is 11.4. The van der Waals surface area contributed by atoms with E-state index >= 15 is 0 Å². The van der Waals surface area contributed by atoms with Crippen molar-refractivity contribution < 1.29 is 0 Å². The average molecular weight is 218 g/mol. The van der Waals surface area contributed by atoms with Crippen LogP contribution < -0.4 is 5.32 Å². The summed E-state index contributed by atoms with van der Waals surface area (Å²) in [6.45, 7) is 10.2. The van der Waals surface area contributed by atoms with Gasteiger partial charge in [-0.05, 0) is 30.0 Å². The third-order valence-corrected chi connectivity index (χ3v) is 3.41. The quantitative estimate of drug-likeness (QED) is 0.834. The van der Waals surface area contributed by atoms with E-state index in [4.69, 9.17) is 0 Å². The van der Waals surface area contributed by atoms with Crippen molar-refractivity contribution in [2.45, 2.75) is 26.8 Å². The molecule has 0 aromatic heterocycles. The highest BCUT2D eigenvalue weighted by Crippen LogP contribution is 2.13. The van der Waals surface area contributed by atoms with E-state index in [1.807, 2.05) is 0 Å². The van der Waals surface area contributed by atoms with Gasteiger partial charge in [0.2, 0.25) is 0 Å². The minimum absolute atomic E-state index is 1.11. The molecule has 2 rings (SSSR count). The summed E-state index contributed by atoms with van der Waals surface area (Å²) in [6.07, 6.45) is 1.14. The topological polar surface area (TPSA) is 15.3 Å². The summed E-state index contributed by atoms with van der Waals surface area (Å²) in [6, 6.07) is 6.91. The van der Waals surface area contributed by atoms with Crippen LogP contribution in [-0.2, 0) is 13.0 Å². The number of piperazine rings is 1. The van der Waals surface area contributed by atoms with E-state index in [0.717, 1.165) is 26.1 Å². The number of nitrogens with one attached hydrogen (secondary N) is 1. The highest BCUT2D eigenvalue weighted by molar-refractivity contribution is 5.31. The molecule has 0 amide bonds. The molecule has 0 saturated carbocycles. The van der Waals surface area contributed by atoms with Gasteiger partial charge in [0.1, 0.15) is 0 Å². The molecular formula is C14H22N2. The summed E-state index contributed by atoms with van der Waals surface area (Å²) < 4.78 is 0. The van der Waals surface area contributed by atoms with Crippen molar-refractivity contribution in [2.24, 2.45) is 0 Å². The number of aryl methyl sites for hydroxylation is 2. The summed E-state index contributed by atoms with van der Waals surface area (Å²) in [5.41, 5.74) is 4.38. The SMILES string of the molecule is CCc1cc(CN2CCNCC2)ccc1C. The van der Waals surface area contributed by atoms with Crippen LogP contribution in [-0.4, -0.2) is 31.1 Å². The van der Waals surface area contributed by atoms with Gasteiger partial charge in [0.25, 0.3) is 0 Å². The van der Waals surface area contributed by atoms with Crippen molar-refractivity contribution in [1.29, 1.82) is 0 Å². The molecule has 1 aliphatic rings. The highest BCUT2D eigenvalue weighted by atomic mass is 15.2. The summed E-state index contributed by atoms with van der Waals surface area (Å²) in [5, 5.41) is 3.39. The first-order valence-corrected chi connectivity index (χ1v) is 6.31. The predicted molar refractivity (Wildman–Crippen MR) is 68.7 cm³/mol. The minimum atomic E-state index is 1.11. The lowest BCUT2D eigenvalue weighted by Crippen LogP contribution is -2.42. The van der Waals surface area contributed by atoms with Crippen molar-refractivity contribution in [2.75, 3.05) is 26.2 Å². The van der Waals surface area contributed by atoms with Gasteiger partial charge in [0.15, 0.2) is 0 Å². The number of benzene rings is 1. The van der Waals surface area contributed by atoms with Crippen molar-refractivity contribution >= 4 is 0 Å². The summed E-state index contributed by atoms with van der Waals surface area (Å²) >= 11 is 0. The van der Waals surface area contributed by atoms with Crippen LogP contribution >= 0.6 is 0 Å². The summed E-state index contributed by atoms with van der Waals surface area (Å²) in [7, 11) is 0. The van der Waals surface area contributed by atoms with E-state index in [1.165, 1.54) is 29.8 Å².